The van der Waals surface area contributed by atoms with Gasteiger partial charge in [0.25, 0.3) is 0 Å². The molecule has 0 aromatic heterocycles. The van der Waals surface area contributed by atoms with Gasteiger partial charge in [-0.15, -0.1) is 0 Å². The van der Waals surface area contributed by atoms with Gasteiger partial charge in [-0.05, 0) is 12.5 Å². The van der Waals surface area contributed by atoms with Crippen molar-refractivity contribution in [1.29, 1.82) is 0 Å². The fourth-order valence-electron chi connectivity index (χ4n) is 1.39. The van der Waals surface area contributed by atoms with Gasteiger partial charge in [0.15, 0.2) is 0 Å². The SMILES string of the molecule is CCC1(N)C=C(Cl)C(C(F)(F)F)=CC1N. The first-order valence-corrected chi connectivity index (χ1v) is 4.80. The molecule has 15 heavy (non-hydrogen) atoms. The van der Waals surface area contributed by atoms with Gasteiger partial charge in [-0.1, -0.05) is 24.6 Å². The Morgan fingerprint density at radius 2 is 2.07 bits per heavy atom. The highest BCUT2D eigenvalue weighted by molar-refractivity contribution is 6.32. The lowest BCUT2D eigenvalue weighted by Crippen LogP contribution is -2.54. The highest BCUT2D eigenvalue weighted by Crippen LogP contribution is 2.38. The molecule has 2 nitrogen and oxygen atoms in total. The fraction of sp³-hybridized carbons (Fsp3) is 0.556. The number of halogens is 4. The van der Waals surface area contributed by atoms with Gasteiger partial charge in [0.1, 0.15) is 0 Å². The summed E-state index contributed by atoms with van der Waals surface area (Å²) < 4.78 is 37.3. The predicted molar refractivity (Wildman–Crippen MR) is 53.3 cm³/mol. The number of hydrogen-bond acceptors (Lipinski definition) is 2. The van der Waals surface area contributed by atoms with Gasteiger partial charge in [-0.25, -0.2) is 0 Å². The molecule has 4 N–H and O–H groups in total. The maximum atomic E-state index is 12.4. The van der Waals surface area contributed by atoms with Crippen LogP contribution in [0.25, 0.3) is 0 Å². The predicted octanol–water partition coefficient (Wildman–Crippen LogP) is 2.05. The Labute approximate surface area is 90.8 Å². The molecule has 0 saturated carbocycles. The van der Waals surface area contributed by atoms with Gasteiger partial charge in [-0.3, -0.25) is 0 Å². The number of rotatable bonds is 1. The number of alkyl halides is 3. The van der Waals surface area contributed by atoms with Crippen molar-refractivity contribution in [1.82, 2.24) is 0 Å². The quantitative estimate of drug-likeness (QED) is 0.737. The van der Waals surface area contributed by atoms with E-state index in [0.717, 1.165) is 6.08 Å². The summed E-state index contributed by atoms with van der Waals surface area (Å²) in [5.74, 6) is 0. The molecule has 1 rings (SSSR count). The largest absolute Gasteiger partial charge is 0.417 e. The molecule has 1 aliphatic rings. The van der Waals surface area contributed by atoms with E-state index < -0.39 is 23.3 Å². The molecule has 0 radical (unpaired) electrons. The van der Waals surface area contributed by atoms with E-state index in [1.165, 1.54) is 6.08 Å². The average molecular weight is 241 g/mol. The second-order valence-corrected chi connectivity index (χ2v) is 3.97. The number of nitrogens with two attached hydrogens (primary N) is 2. The Kier molecular flexibility index (Phi) is 3.19. The van der Waals surface area contributed by atoms with E-state index in [1.54, 1.807) is 6.92 Å². The fourth-order valence-corrected chi connectivity index (χ4v) is 1.77. The van der Waals surface area contributed by atoms with Gasteiger partial charge < -0.3 is 11.5 Å². The zero-order valence-corrected chi connectivity index (χ0v) is 8.86. The number of allylic oxidation sites excluding steroid dienone is 2. The van der Waals surface area contributed by atoms with Crippen LogP contribution in [0.3, 0.4) is 0 Å². The third kappa shape index (κ3) is 2.35. The Balaban J connectivity index is 3.11. The summed E-state index contributed by atoms with van der Waals surface area (Å²) >= 11 is 5.53. The molecule has 0 aliphatic heterocycles. The molecule has 0 spiro atoms. The minimum Gasteiger partial charge on any atom is -0.323 e. The zero-order valence-electron chi connectivity index (χ0n) is 8.11. The standard InChI is InChI=1S/C9H12ClF3N2/c1-2-8(15)4-6(10)5(3-7(8)14)9(11,12)13/h3-4,7H,2,14-15H2,1H3. The monoisotopic (exact) mass is 240 g/mol. The lowest BCUT2D eigenvalue weighted by Gasteiger charge is -2.34. The first-order valence-electron chi connectivity index (χ1n) is 4.43. The van der Waals surface area contributed by atoms with Gasteiger partial charge >= 0.3 is 6.18 Å². The van der Waals surface area contributed by atoms with Crippen LogP contribution in [0.5, 0.6) is 0 Å². The molecular weight excluding hydrogens is 229 g/mol. The lowest BCUT2D eigenvalue weighted by atomic mass is 9.83. The molecule has 0 heterocycles. The van der Waals surface area contributed by atoms with Gasteiger partial charge in [-0.2, -0.15) is 13.2 Å². The normalized spacial score (nSPS) is 32.3. The van der Waals surface area contributed by atoms with Gasteiger partial charge in [0.2, 0.25) is 0 Å². The molecule has 1 aliphatic carbocycles. The van der Waals surface area contributed by atoms with Crippen LogP contribution in [0.1, 0.15) is 13.3 Å². The van der Waals surface area contributed by atoms with E-state index in [2.05, 4.69) is 0 Å². The average Bonchev–Trinajstić information content (AvgIpc) is 2.09. The summed E-state index contributed by atoms with van der Waals surface area (Å²) in [5.41, 5.74) is 9.46. The Bertz CT molecular complexity index is 322. The van der Waals surface area contributed by atoms with E-state index in [-0.39, 0.29) is 5.03 Å². The van der Waals surface area contributed by atoms with Crippen molar-refractivity contribution in [3.8, 4) is 0 Å². The van der Waals surface area contributed by atoms with Crippen molar-refractivity contribution in [3.05, 3.63) is 22.8 Å². The summed E-state index contributed by atoms with van der Waals surface area (Å²) in [5, 5.41) is -0.381. The number of hydrogen-bond donors (Lipinski definition) is 2. The Morgan fingerprint density at radius 3 is 2.47 bits per heavy atom. The van der Waals surface area contributed by atoms with Crippen molar-refractivity contribution < 1.29 is 13.2 Å². The molecule has 0 amide bonds. The van der Waals surface area contributed by atoms with Crippen molar-refractivity contribution in [2.45, 2.75) is 31.1 Å². The van der Waals surface area contributed by atoms with Crippen molar-refractivity contribution in [2.24, 2.45) is 11.5 Å². The van der Waals surface area contributed by atoms with Crippen molar-refractivity contribution >= 4 is 11.6 Å². The molecular formula is C9H12ClF3N2. The van der Waals surface area contributed by atoms with Crippen LogP contribution in [0.4, 0.5) is 13.2 Å². The molecule has 0 saturated heterocycles. The molecule has 0 aromatic carbocycles. The highest BCUT2D eigenvalue weighted by Gasteiger charge is 2.42. The summed E-state index contributed by atoms with van der Waals surface area (Å²) in [4.78, 5) is 0. The van der Waals surface area contributed by atoms with E-state index in [4.69, 9.17) is 23.1 Å². The second kappa shape index (κ2) is 3.81. The van der Waals surface area contributed by atoms with Crippen LogP contribution in [-0.2, 0) is 0 Å². The molecule has 6 heteroatoms. The minimum atomic E-state index is -4.49. The van der Waals surface area contributed by atoms with E-state index in [0.29, 0.717) is 6.42 Å². The first kappa shape index (κ1) is 12.5. The molecule has 2 unspecified atom stereocenters. The molecule has 0 bridgehead atoms. The summed E-state index contributed by atoms with van der Waals surface area (Å²) in [6.45, 7) is 1.74. The zero-order chi connectivity index (χ0) is 11.9. The third-order valence-electron chi connectivity index (χ3n) is 2.54. The van der Waals surface area contributed by atoms with Crippen LogP contribution >= 0.6 is 11.6 Å². The maximum absolute atomic E-state index is 12.4. The minimum absolute atomic E-state index is 0.381. The topological polar surface area (TPSA) is 52.0 Å². The van der Waals surface area contributed by atoms with E-state index in [1.807, 2.05) is 0 Å². The Hall–Kier alpha value is -0.520. The highest BCUT2D eigenvalue weighted by atomic mass is 35.5. The lowest BCUT2D eigenvalue weighted by molar-refractivity contribution is -0.0893. The van der Waals surface area contributed by atoms with Crippen LogP contribution in [-0.4, -0.2) is 17.8 Å². The molecule has 0 fully saturated rings. The van der Waals surface area contributed by atoms with Crippen molar-refractivity contribution in [3.63, 3.8) is 0 Å². The van der Waals surface area contributed by atoms with Crippen LogP contribution in [0.15, 0.2) is 22.8 Å². The van der Waals surface area contributed by atoms with Crippen LogP contribution < -0.4 is 11.5 Å². The van der Waals surface area contributed by atoms with Gasteiger partial charge in [0.05, 0.1) is 16.1 Å². The molecule has 0 aromatic rings. The van der Waals surface area contributed by atoms with Crippen molar-refractivity contribution in [2.75, 3.05) is 0 Å². The smallest absolute Gasteiger partial charge is 0.323 e. The molecule has 86 valence electrons. The maximum Gasteiger partial charge on any atom is 0.417 e. The van der Waals surface area contributed by atoms with E-state index in [9.17, 15) is 13.2 Å². The summed E-state index contributed by atoms with van der Waals surface area (Å²) in [7, 11) is 0. The molecule has 2 atom stereocenters. The summed E-state index contributed by atoms with van der Waals surface area (Å²) in [6.07, 6.45) is -2.00. The third-order valence-corrected chi connectivity index (χ3v) is 2.85. The van der Waals surface area contributed by atoms with Crippen LogP contribution in [0, 0.1) is 0 Å². The first-order chi connectivity index (χ1) is 6.70. The Morgan fingerprint density at radius 1 is 1.53 bits per heavy atom. The van der Waals surface area contributed by atoms with E-state index >= 15 is 0 Å². The van der Waals surface area contributed by atoms with Crippen LogP contribution in [0.2, 0.25) is 0 Å². The summed E-state index contributed by atoms with van der Waals surface area (Å²) in [6, 6.07) is -0.873. The second-order valence-electron chi connectivity index (χ2n) is 3.56. The van der Waals surface area contributed by atoms with Gasteiger partial charge in [0, 0.05) is 6.04 Å².